The van der Waals surface area contributed by atoms with Crippen LogP contribution in [0.15, 0.2) is 23.3 Å². The van der Waals surface area contributed by atoms with Crippen LogP contribution in [0, 0.1) is 0 Å². The van der Waals surface area contributed by atoms with E-state index in [1.807, 2.05) is 6.07 Å². The molecule has 1 heterocycles. The Morgan fingerprint density at radius 1 is 1.36 bits per heavy atom. The van der Waals surface area contributed by atoms with Crippen molar-refractivity contribution >= 4 is 29.9 Å². The molecule has 1 saturated carbocycles. The van der Waals surface area contributed by atoms with E-state index in [1.54, 1.807) is 13.2 Å². The van der Waals surface area contributed by atoms with Crippen LogP contribution in [0.1, 0.15) is 44.6 Å². The molecule has 0 aromatic carbocycles. The zero-order valence-corrected chi connectivity index (χ0v) is 15.8. The average molecular weight is 418 g/mol. The third-order valence-electron chi connectivity index (χ3n) is 3.64. The maximum Gasteiger partial charge on any atom is 0.218 e. The maximum atomic E-state index is 6.04. The number of guanidine groups is 1. The lowest BCUT2D eigenvalue weighted by Crippen LogP contribution is -2.37. The van der Waals surface area contributed by atoms with Gasteiger partial charge in [0.25, 0.3) is 0 Å². The van der Waals surface area contributed by atoms with Crippen molar-refractivity contribution in [1.29, 1.82) is 0 Å². The van der Waals surface area contributed by atoms with Crippen molar-refractivity contribution in [1.82, 2.24) is 15.6 Å². The summed E-state index contributed by atoms with van der Waals surface area (Å²) in [6.07, 6.45) is 8.00. The Morgan fingerprint density at radius 2 is 2.14 bits per heavy atom. The van der Waals surface area contributed by atoms with Crippen LogP contribution in [-0.2, 0) is 6.54 Å². The Bertz CT molecular complexity index is 461. The minimum atomic E-state index is 0. The van der Waals surface area contributed by atoms with Crippen LogP contribution < -0.4 is 15.4 Å². The second kappa shape index (κ2) is 10.6. The molecule has 0 aliphatic heterocycles. The van der Waals surface area contributed by atoms with Gasteiger partial charge >= 0.3 is 0 Å². The zero-order chi connectivity index (χ0) is 14.9. The molecule has 1 aliphatic rings. The number of nitrogens with one attached hydrogen (secondary N) is 2. The van der Waals surface area contributed by atoms with Crippen LogP contribution in [0.2, 0.25) is 0 Å². The largest absolute Gasteiger partial charge is 0.474 e. The SMILES string of the molecule is CCCNC(=NC)NCc1cccnc1OC1CCCC1.I. The Morgan fingerprint density at radius 3 is 2.82 bits per heavy atom. The van der Waals surface area contributed by atoms with Crippen LogP contribution in [0.25, 0.3) is 0 Å². The topological polar surface area (TPSA) is 58.5 Å². The lowest BCUT2D eigenvalue weighted by atomic mass is 10.2. The third kappa shape index (κ3) is 5.98. The van der Waals surface area contributed by atoms with Gasteiger partial charge in [0, 0.05) is 31.9 Å². The molecule has 5 nitrogen and oxygen atoms in total. The molecule has 1 aromatic heterocycles. The molecule has 0 amide bonds. The summed E-state index contributed by atoms with van der Waals surface area (Å²) in [5.74, 6) is 1.57. The second-order valence-corrected chi connectivity index (χ2v) is 5.34. The maximum absolute atomic E-state index is 6.04. The number of ether oxygens (including phenoxy) is 1. The third-order valence-corrected chi connectivity index (χ3v) is 3.64. The fourth-order valence-corrected chi connectivity index (χ4v) is 2.47. The van der Waals surface area contributed by atoms with Gasteiger partial charge in [-0.1, -0.05) is 13.0 Å². The highest BCUT2D eigenvalue weighted by molar-refractivity contribution is 14.0. The number of halogens is 1. The Kier molecular flexibility index (Phi) is 9.19. The predicted octanol–water partition coefficient (Wildman–Crippen LogP) is 3.10. The minimum Gasteiger partial charge on any atom is -0.474 e. The van der Waals surface area contributed by atoms with Crippen molar-refractivity contribution in [2.24, 2.45) is 4.99 Å². The molecule has 0 atom stereocenters. The van der Waals surface area contributed by atoms with Crippen molar-refractivity contribution in [3.8, 4) is 5.88 Å². The van der Waals surface area contributed by atoms with Crippen molar-refractivity contribution < 1.29 is 4.74 Å². The van der Waals surface area contributed by atoms with E-state index in [2.05, 4.69) is 33.6 Å². The number of pyridine rings is 1. The van der Waals surface area contributed by atoms with Gasteiger partial charge in [-0.25, -0.2) is 4.98 Å². The Labute approximate surface area is 150 Å². The van der Waals surface area contributed by atoms with Gasteiger partial charge in [-0.05, 0) is 38.2 Å². The van der Waals surface area contributed by atoms with Gasteiger partial charge in [-0.2, -0.15) is 0 Å². The quantitative estimate of drug-likeness (QED) is 0.424. The summed E-state index contributed by atoms with van der Waals surface area (Å²) in [6.45, 7) is 3.71. The van der Waals surface area contributed by atoms with Crippen molar-refractivity contribution in [2.75, 3.05) is 13.6 Å². The summed E-state index contributed by atoms with van der Waals surface area (Å²) in [5, 5.41) is 6.56. The predicted molar refractivity (Wildman–Crippen MR) is 101 cm³/mol. The van der Waals surface area contributed by atoms with Crippen molar-refractivity contribution in [3.63, 3.8) is 0 Å². The molecule has 0 bridgehead atoms. The normalized spacial score (nSPS) is 15.3. The van der Waals surface area contributed by atoms with Gasteiger partial charge in [0.05, 0.1) is 0 Å². The van der Waals surface area contributed by atoms with E-state index >= 15 is 0 Å². The van der Waals surface area contributed by atoms with Crippen molar-refractivity contribution in [3.05, 3.63) is 23.9 Å². The summed E-state index contributed by atoms with van der Waals surface area (Å²) >= 11 is 0. The molecule has 1 aromatic rings. The Hall–Kier alpha value is -1.05. The van der Waals surface area contributed by atoms with Crippen LogP contribution in [-0.4, -0.2) is 30.6 Å². The molecular weight excluding hydrogens is 391 g/mol. The molecular formula is C16H27IN4O. The standard InChI is InChI=1S/C16H26N4O.HI/c1-3-10-19-16(17-2)20-12-13-7-6-11-18-15(13)21-14-8-4-5-9-14;/h6-7,11,14H,3-5,8-10,12H2,1-2H3,(H2,17,19,20);1H. The number of hydrogen-bond donors (Lipinski definition) is 2. The van der Waals surface area contributed by atoms with Crippen LogP contribution in [0.3, 0.4) is 0 Å². The summed E-state index contributed by atoms with van der Waals surface area (Å²) in [6, 6.07) is 4.00. The molecule has 0 spiro atoms. The minimum absolute atomic E-state index is 0. The fourth-order valence-electron chi connectivity index (χ4n) is 2.47. The van der Waals surface area contributed by atoms with E-state index in [4.69, 9.17) is 4.74 Å². The average Bonchev–Trinajstić information content (AvgIpc) is 3.02. The van der Waals surface area contributed by atoms with Crippen LogP contribution in [0.5, 0.6) is 5.88 Å². The van der Waals surface area contributed by atoms with E-state index in [9.17, 15) is 0 Å². The number of hydrogen-bond acceptors (Lipinski definition) is 3. The monoisotopic (exact) mass is 418 g/mol. The first-order chi connectivity index (χ1) is 10.3. The van der Waals surface area contributed by atoms with Crippen molar-refractivity contribution in [2.45, 2.75) is 51.7 Å². The van der Waals surface area contributed by atoms with Gasteiger partial charge in [-0.3, -0.25) is 4.99 Å². The zero-order valence-electron chi connectivity index (χ0n) is 13.5. The lowest BCUT2D eigenvalue weighted by Gasteiger charge is -2.16. The molecule has 124 valence electrons. The summed E-state index contributed by atoms with van der Waals surface area (Å²) in [4.78, 5) is 8.59. The van der Waals surface area contributed by atoms with Gasteiger partial charge in [0.2, 0.25) is 5.88 Å². The highest BCUT2D eigenvalue weighted by Gasteiger charge is 2.18. The summed E-state index contributed by atoms with van der Waals surface area (Å²) in [7, 11) is 1.78. The van der Waals surface area contributed by atoms with E-state index in [1.165, 1.54) is 12.8 Å². The molecule has 2 N–H and O–H groups in total. The van der Waals surface area contributed by atoms with E-state index < -0.39 is 0 Å². The highest BCUT2D eigenvalue weighted by Crippen LogP contribution is 2.24. The molecule has 0 unspecified atom stereocenters. The van der Waals surface area contributed by atoms with Crippen LogP contribution in [0.4, 0.5) is 0 Å². The number of aromatic nitrogens is 1. The number of nitrogens with zero attached hydrogens (tertiary/aromatic N) is 2. The summed E-state index contributed by atoms with van der Waals surface area (Å²) < 4.78 is 6.04. The van der Waals surface area contributed by atoms with E-state index in [-0.39, 0.29) is 24.0 Å². The molecule has 6 heteroatoms. The lowest BCUT2D eigenvalue weighted by molar-refractivity contribution is 0.199. The first-order valence-corrected chi connectivity index (χ1v) is 7.88. The van der Waals surface area contributed by atoms with E-state index in [0.29, 0.717) is 12.6 Å². The van der Waals surface area contributed by atoms with Gasteiger partial charge in [0.15, 0.2) is 5.96 Å². The number of rotatable bonds is 6. The Balaban J connectivity index is 0.00000242. The smallest absolute Gasteiger partial charge is 0.218 e. The summed E-state index contributed by atoms with van der Waals surface area (Å²) in [5.41, 5.74) is 1.07. The highest BCUT2D eigenvalue weighted by atomic mass is 127. The van der Waals surface area contributed by atoms with Gasteiger partial charge in [-0.15, -0.1) is 24.0 Å². The first kappa shape index (κ1) is 19.0. The van der Waals surface area contributed by atoms with Crippen LogP contribution >= 0.6 is 24.0 Å². The molecule has 1 fully saturated rings. The molecule has 22 heavy (non-hydrogen) atoms. The number of aliphatic imine (C=N–C) groups is 1. The molecule has 2 rings (SSSR count). The van der Waals surface area contributed by atoms with Gasteiger partial charge in [0.1, 0.15) is 6.10 Å². The molecule has 0 saturated heterocycles. The van der Waals surface area contributed by atoms with Gasteiger partial charge < -0.3 is 15.4 Å². The first-order valence-electron chi connectivity index (χ1n) is 7.88. The second-order valence-electron chi connectivity index (χ2n) is 5.34. The molecule has 1 aliphatic carbocycles. The van der Waals surface area contributed by atoms with E-state index in [0.717, 1.165) is 43.2 Å². The fraction of sp³-hybridized carbons (Fsp3) is 0.625. The molecule has 0 radical (unpaired) electrons.